The van der Waals surface area contributed by atoms with Crippen LogP contribution in [0.2, 0.25) is 0 Å². The van der Waals surface area contributed by atoms with Gasteiger partial charge in [-0.1, -0.05) is 0 Å². The van der Waals surface area contributed by atoms with Crippen molar-refractivity contribution in [2.75, 3.05) is 7.11 Å². The Hall–Kier alpha value is -2.02. The maximum absolute atomic E-state index is 11.9. The van der Waals surface area contributed by atoms with Crippen molar-refractivity contribution in [3.8, 4) is 17.3 Å². The standard InChI is InChI=1S/C12H11BrN2O4/c1-6-10(16)14-12(18)15(11(6)17)9-5-7(19-2)3-4-8(9)13/h3-5,17H,1-2H3,(H,14,16,18). The van der Waals surface area contributed by atoms with Gasteiger partial charge >= 0.3 is 5.69 Å². The number of methoxy groups -OCH3 is 1. The lowest BCUT2D eigenvalue weighted by Crippen LogP contribution is -2.30. The zero-order valence-corrected chi connectivity index (χ0v) is 11.8. The van der Waals surface area contributed by atoms with Crippen LogP contribution in [-0.2, 0) is 0 Å². The molecular formula is C12H11BrN2O4. The Morgan fingerprint density at radius 1 is 1.37 bits per heavy atom. The largest absolute Gasteiger partial charge is 0.497 e. The Morgan fingerprint density at radius 2 is 2.05 bits per heavy atom. The molecule has 2 N–H and O–H groups in total. The molecule has 0 saturated carbocycles. The molecule has 0 radical (unpaired) electrons. The fourth-order valence-electron chi connectivity index (χ4n) is 1.63. The molecule has 0 amide bonds. The molecular weight excluding hydrogens is 316 g/mol. The average Bonchev–Trinajstić information content (AvgIpc) is 2.38. The maximum Gasteiger partial charge on any atom is 0.335 e. The van der Waals surface area contributed by atoms with E-state index in [-0.39, 0.29) is 5.56 Å². The monoisotopic (exact) mass is 326 g/mol. The molecule has 0 spiro atoms. The number of H-pyrrole nitrogens is 1. The van der Waals surface area contributed by atoms with E-state index in [9.17, 15) is 14.7 Å². The van der Waals surface area contributed by atoms with Crippen LogP contribution in [0.1, 0.15) is 5.56 Å². The Balaban J connectivity index is 2.83. The molecule has 2 rings (SSSR count). The normalized spacial score (nSPS) is 10.5. The lowest BCUT2D eigenvalue weighted by Gasteiger charge is -2.12. The van der Waals surface area contributed by atoms with Gasteiger partial charge in [0.1, 0.15) is 5.75 Å². The summed E-state index contributed by atoms with van der Waals surface area (Å²) in [5.41, 5.74) is -0.893. The van der Waals surface area contributed by atoms with Crippen molar-refractivity contribution in [3.63, 3.8) is 0 Å². The fourth-order valence-corrected chi connectivity index (χ4v) is 2.05. The van der Waals surface area contributed by atoms with Gasteiger partial charge in [-0.15, -0.1) is 0 Å². The van der Waals surface area contributed by atoms with Crippen LogP contribution < -0.4 is 16.0 Å². The number of benzene rings is 1. The highest BCUT2D eigenvalue weighted by Crippen LogP contribution is 2.27. The molecule has 6 nitrogen and oxygen atoms in total. The highest BCUT2D eigenvalue weighted by molar-refractivity contribution is 9.10. The molecule has 0 unspecified atom stereocenters. The van der Waals surface area contributed by atoms with Gasteiger partial charge in [0.25, 0.3) is 5.56 Å². The van der Waals surface area contributed by atoms with E-state index in [4.69, 9.17) is 4.74 Å². The highest BCUT2D eigenvalue weighted by Gasteiger charge is 2.14. The summed E-state index contributed by atoms with van der Waals surface area (Å²) in [4.78, 5) is 25.4. The van der Waals surface area contributed by atoms with Crippen molar-refractivity contribution in [1.29, 1.82) is 0 Å². The minimum Gasteiger partial charge on any atom is -0.497 e. The van der Waals surface area contributed by atoms with Crippen LogP contribution >= 0.6 is 15.9 Å². The third kappa shape index (κ3) is 2.28. The molecule has 0 aliphatic heterocycles. The lowest BCUT2D eigenvalue weighted by molar-refractivity contribution is 0.412. The number of rotatable bonds is 2. The van der Waals surface area contributed by atoms with Crippen molar-refractivity contribution in [3.05, 3.63) is 49.1 Å². The van der Waals surface area contributed by atoms with Crippen LogP contribution in [-0.4, -0.2) is 21.8 Å². The van der Waals surface area contributed by atoms with Gasteiger partial charge < -0.3 is 9.84 Å². The maximum atomic E-state index is 11.9. The summed E-state index contributed by atoms with van der Waals surface area (Å²) in [6.07, 6.45) is 0. The second-order valence-electron chi connectivity index (χ2n) is 3.86. The second kappa shape index (κ2) is 4.93. The van der Waals surface area contributed by atoms with Gasteiger partial charge in [0.2, 0.25) is 5.88 Å². The number of aromatic nitrogens is 2. The van der Waals surface area contributed by atoms with E-state index in [1.807, 2.05) is 0 Å². The van der Waals surface area contributed by atoms with E-state index in [0.29, 0.717) is 15.9 Å². The van der Waals surface area contributed by atoms with Gasteiger partial charge in [-0.3, -0.25) is 9.78 Å². The summed E-state index contributed by atoms with van der Waals surface area (Å²) in [5, 5.41) is 9.98. The summed E-state index contributed by atoms with van der Waals surface area (Å²) < 4.78 is 6.66. The van der Waals surface area contributed by atoms with Gasteiger partial charge in [-0.05, 0) is 35.0 Å². The van der Waals surface area contributed by atoms with E-state index < -0.39 is 17.1 Å². The molecule has 0 fully saturated rings. The Bertz CT molecular complexity index is 748. The quantitative estimate of drug-likeness (QED) is 0.871. The predicted molar refractivity (Wildman–Crippen MR) is 73.3 cm³/mol. The number of aromatic hydroxyl groups is 1. The molecule has 1 aromatic heterocycles. The first-order valence-electron chi connectivity index (χ1n) is 5.34. The molecule has 2 aromatic rings. The molecule has 0 saturated heterocycles. The first-order chi connectivity index (χ1) is 8.95. The zero-order chi connectivity index (χ0) is 14.2. The van der Waals surface area contributed by atoms with E-state index in [1.165, 1.54) is 14.0 Å². The topological polar surface area (TPSA) is 84.3 Å². The molecule has 1 heterocycles. The van der Waals surface area contributed by atoms with Gasteiger partial charge in [-0.25, -0.2) is 9.36 Å². The molecule has 0 atom stereocenters. The number of halogens is 1. The summed E-state index contributed by atoms with van der Waals surface area (Å²) in [7, 11) is 1.49. The number of nitrogens with zero attached hydrogens (tertiary/aromatic N) is 1. The van der Waals surface area contributed by atoms with Crippen LogP contribution in [0, 0.1) is 6.92 Å². The van der Waals surface area contributed by atoms with Crippen LogP contribution in [0.4, 0.5) is 0 Å². The first-order valence-corrected chi connectivity index (χ1v) is 6.14. The van der Waals surface area contributed by atoms with Crippen LogP contribution in [0.25, 0.3) is 5.69 Å². The van der Waals surface area contributed by atoms with Crippen molar-refractivity contribution in [2.45, 2.75) is 6.92 Å². The number of aromatic amines is 1. The van der Waals surface area contributed by atoms with E-state index in [0.717, 1.165) is 4.57 Å². The van der Waals surface area contributed by atoms with Gasteiger partial charge in [0, 0.05) is 10.5 Å². The van der Waals surface area contributed by atoms with Crippen molar-refractivity contribution in [2.24, 2.45) is 0 Å². The summed E-state index contributed by atoms with van der Waals surface area (Å²) in [6, 6.07) is 4.96. The van der Waals surface area contributed by atoms with E-state index >= 15 is 0 Å². The molecule has 19 heavy (non-hydrogen) atoms. The number of nitrogens with one attached hydrogen (secondary N) is 1. The Morgan fingerprint density at radius 3 is 2.68 bits per heavy atom. The lowest BCUT2D eigenvalue weighted by atomic mass is 10.2. The van der Waals surface area contributed by atoms with Gasteiger partial charge in [0.15, 0.2) is 0 Å². The van der Waals surface area contributed by atoms with Crippen molar-refractivity contribution < 1.29 is 9.84 Å². The average molecular weight is 327 g/mol. The van der Waals surface area contributed by atoms with E-state index in [1.54, 1.807) is 18.2 Å². The molecule has 1 aromatic carbocycles. The van der Waals surface area contributed by atoms with Crippen LogP contribution in [0.3, 0.4) is 0 Å². The predicted octanol–water partition coefficient (Wildman–Crippen LogP) is 1.31. The fraction of sp³-hybridized carbons (Fsp3) is 0.167. The third-order valence-electron chi connectivity index (χ3n) is 2.71. The summed E-state index contributed by atoms with van der Waals surface area (Å²) in [6.45, 7) is 1.43. The van der Waals surface area contributed by atoms with Crippen molar-refractivity contribution in [1.82, 2.24) is 9.55 Å². The summed E-state index contributed by atoms with van der Waals surface area (Å²) >= 11 is 3.29. The smallest absolute Gasteiger partial charge is 0.335 e. The highest BCUT2D eigenvalue weighted by atomic mass is 79.9. The Kier molecular flexibility index (Phi) is 3.48. The van der Waals surface area contributed by atoms with Crippen LogP contribution in [0.15, 0.2) is 32.3 Å². The minimum atomic E-state index is -0.720. The molecule has 0 aliphatic carbocycles. The van der Waals surface area contributed by atoms with E-state index in [2.05, 4.69) is 20.9 Å². The molecule has 100 valence electrons. The molecule has 0 bridgehead atoms. The SMILES string of the molecule is COc1ccc(Br)c(-n2c(O)c(C)c(=O)[nH]c2=O)c1. The van der Waals surface area contributed by atoms with Gasteiger partial charge in [-0.2, -0.15) is 0 Å². The minimum absolute atomic E-state index is 0.0642. The van der Waals surface area contributed by atoms with Crippen LogP contribution in [0.5, 0.6) is 11.6 Å². The second-order valence-corrected chi connectivity index (χ2v) is 4.71. The third-order valence-corrected chi connectivity index (χ3v) is 3.38. The summed E-state index contributed by atoms with van der Waals surface area (Å²) in [5.74, 6) is 0.121. The zero-order valence-electron chi connectivity index (χ0n) is 10.2. The Labute approximate surface area is 116 Å². The van der Waals surface area contributed by atoms with Crippen molar-refractivity contribution >= 4 is 15.9 Å². The van der Waals surface area contributed by atoms with Gasteiger partial charge in [0.05, 0.1) is 18.4 Å². The number of hydrogen-bond donors (Lipinski definition) is 2. The first kappa shape index (κ1) is 13.4. The number of ether oxygens (including phenoxy) is 1. The number of hydrogen-bond acceptors (Lipinski definition) is 4. The molecule has 0 aliphatic rings. The molecule has 7 heteroatoms.